The van der Waals surface area contributed by atoms with Gasteiger partial charge in [0.1, 0.15) is 0 Å². The summed E-state index contributed by atoms with van der Waals surface area (Å²) in [6.07, 6.45) is 3.19. The number of nitrogens with one attached hydrogen (secondary N) is 2. The Hall–Kier alpha value is -1.35. The second kappa shape index (κ2) is 4.97. The molecule has 0 spiro atoms. The first-order valence-corrected chi connectivity index (χ1v) is 7.26. The van der Waals surface area contributed by atoms with Crippen LogP contribution in [0, 0.1) is 5.41 Å². The predicted molar refractivity (Wildman–Crippen MR) is 76.1 cm³/mol. The van der Waals surface area contributed by atoms with Gasteiger partial charge in [-0.25, -0.2) is 0 Å². The lowest BCUT2D eigenvalue weighted by molar-refractivity contribution is -0.131. The SMILES string of the molecule is CC1(C(=O)NCC2Cc3ccccc32)CCCNC1. The van der Waals surface area contributed by atoms with Gasteiger partial charge in [0.05, 0.1) is 5.41 Å². The minimum atomic E-state index is -0.221. The molecule has 2 aliphatic rings. The normalized spacial score (nSPS) is 29.2. The molecule has 1 saturated heterocycles. The van der Waals surface area contributed by atoms with E-state index < -0.39 is 0 Å². The number of fused-ring (bicyclic) bond motifs is 1. The molecule has 0 aromatic heterocycles. The third-order valence-electron chi connectivity index (χ3n) is 4.62. The molecule has 1 aliphatic heterocycles. The van der Waals surface area contributed by atoms with Gasteiger partial charge in [0.25, 0.3) is 0 Å². The molecule has 0 bridgehead atoms. The number of benzene rings is 1. The maximum atomic E-state index is 12.3. The maximum Gasteiger partial charge on any atom is 0.227 e. The average Bonchev–Trinajstić information content (AvgIpc) is 2.40. The van der Waals surface area contributed by atoms with E-state index in [2.05, 4.69) is 41.8 Å². The van der Waals surface area contributed by atoms with Crippen molar-refractivity contribution < 1.29 is 4.79 Å². The Bertz CT molecular complexity index is 477. The number of piperidine rings is 1. The zero-order valence-electron chi connectivity index (χ0n) is 11.5. The molecule has 0 saturated carbocycles. The molecular weight excluding hydrogens is 236 g/mol. The summed E-state index contributed by atoms with van der Waals surface area (Å²) in [7, 11) is 0. The Balaban J connectivity index is 1.55. The largest absolute Gasteiger partial charge is 0.355 e. The van der Waals surface area contributed by atoms with Gasteiger partial charge in [0.15, 0.2) is 0 Å². The van der Waals surface area contributed by atoms with Crippen molar-refractivity contribution in [1.29, 1.82) is 0 Å². The summed E-state index contributed by atoms with van der Waals surface area (Å²) < 4.78 is 0. The highest BCUT2D eigenvalue weighted by molar-refractivity contribution is 5.82. The van der Waals surface area contributed by atoms with Crippen LogP contribution in [0.1, 0.15) is 36.8 Å². The minimum absolute atomic E-state index is 0.212. The summed E-state index contributed by atoms with van der Waals surface area (Å²) in [6, 6.07) is 8.53. The van der Waals surface area contributed by atoms with Crippen LogP contribution in [0.3, 0.4) is 0 Å². The van der Waals surface area contributed by atoms with Crippen LogP contribution in [0.4, 0.5) is 0 Å². The molecule has 1 fully saturated rings. The van der Waals surface area contributed by atoms with Crippen LogP contribution in [0.15, 0.2) is 24.3 Å². The van der Waals surface area contributed by atoms with E-state index in [4.69, 9.17) is 0 Å². The van der Waals surface area contributed by atoms with Crippen molar-refractivity contribution in [2.45, 2.75) is 32.1 Å². The molecule has 2 atom stereocenters. The number of hydrogen-bond donors (Lipinski definition) is 2. The van der Waals surface area contributed by atoms with Crippen LogP contribution in [0.5, 0.6) is 0 Å². The van der Waals surface area contributed by atoms with Crippen molar-refractivity contribution in [3.8, 4) is 0 Å². The highest BCUT2D eigenvalue weighted by Crippen LogP contribution is 2.34. The van der Waals surface area contributed by atoms with Crippen molar-refractivity contribution in [3.63, 3.8) is 0 Å². The first-order chi connectivity index (χ1) is 9.19. The molecule has 2 N–H and O–H groups in total. The zero-order valence-corrected chi connectivity index (χ0v) is 11.5. The minimum Gasteiger partial charge on any atom is -0.355 e. The van der Waals surface area contributed by atoms with E-state index >= 15 is 0 Å². The highest BCUT2D eigenvalue weighted by Gasteiger charge is 2.35. The zero-order chi connectivity index (χ0) is 13.3. The van der Waals surface area contributed by atoms with Crippen LogP contribution in [-0.2, 0) is 11.2 Å². The van der Waals surface area contributed by atoms with E-state index in [-0.39, 0.29) is 11.3 Å². The lowest BCUT2D eigenvalue weighted by Gasteiger charge is -2.35. The number of hydrogen-bond acceptors (Lipinski definition) is 2. The second-order valence-corrected chi connectivity index (χ2v) is 6.15. The monoisotopic (exact) mass is 258 g/mol. The van der Waals surface area contributed by atoms with Gasteiger partial charge >= 0.3 is 0 Å². The van der Waals surface area contributed by atoms with Crippen molar-refractivity contribution in [1.82, 2.24) is 10.6 Å². The molecule has 3 heteroatoms. The Labute approximate surface area is 114 Å². The van der Waals surface area contributed by atoms with Crippen molar-refractivity contribution >= 4 is 5.91 Å². The van der Waals surface area contributed by atoms with Gasteiger partial charge in [-0.15, -0.1) is 0 Å². The predicted octanol–water partition coefficient (Wildman–Crippen LogP) is 1.83. The number of carbonyl (C=O) groups is 1. The standard InChI is InChI=1S/C16H22N2O/c1-16(7-4-8-17-11-16)15(19)18-10-13-9-12-5-2-3-6-14(12)13/h2-3,5-6,13,17H,4,7-11H2,1H3,(H,18,19). The molecule has 3 rings (SSSR count). The van der Waals surface area contributed by atoms with Crippen LogP contribution in [-0.4, -0.2) is 25.5 Å². The first-order valence-electron chi connectivity index (χ1n) is 7.26. The summed E-state index contributed by atoms with van der Waals surface area (Å²) >= 11 is 0. The summed E-state index contributed by atoms with van der Waals surface area (Å²) in [5.41, 5.74) is 2.63. The van der Waals surface area contributed by atoms with Gasteiger partial charge in [-0.3, -0.25) is 4.79 Å². The van der Waals surface area contributed by atoms with Crippen LogP contribution in [0.2, 0.25) is 0 Å². The van der Waals surface area contributed by atoms with Gasteiger partial charge in [0, 0.05) is 19.0 Å². The molecule has 0 radical (unpaired) electrons. The summed E-state index contributed by atoms with van der Waals surface area (Å²) in [4.78, 5) is 12.3. The fraction of sp³-hybridized carbons (Fsp3) is 0.562. The van der Waals surface area contributed by atoms with E-state index in [0.29, 0.717) is 5.92 Å². The van der Waals surface area contributed by atoms with E-state index in [1.165, 1.54) is 11.1 Å². The maximum absolute atomic E-state index is 12.3. The Morgan fingerprint density at radius 2 is 2.32 bits per heavy atom. The lowest BCUT2D eigenvalue weighted by atomic mass is 9.77. The van der Waals surface area contributed by atoms with Crippen molar-refractivity contribution in [2.24, 2.45) is 5.41 Å². The average molecular weight is 258 g/mol. The Morgan fingerprint density at radius 3 is 3.05 bits per heavy atom. The first kappa shape index (κ1) is 12.7. The third kappa shape index (κ3) is 2.39. The molecule has 102 valence electrons. The smallest absolute Gasteiger partial charge is 0.227 e. The third-order valence-corrected chi connectivity index (χ3v) is 4.62. The second-order valence-electron chi connectivity index (χ2n) is 6.15. The molecule has 1 aromatic rings. The lowest BCUT2D eigenvalue weighted by Crippen LogP contribution is -2.49. The fourth-order valence-electron chi connectivity index (χ4n) is 3.22. The van der Waals surface area contributed by atoms with Crippen molar-refractivity contribution in [3.05, 3.63) is 35.4 Å². The molecule has 19 heavy (non-hydrogen) atoms. The van der Waals surface area contributed by atoms with Gasteiger partial charge in [0.2, 0.25) is 5.91 Å². The van der Waals surface area contributed by atoms with Crippen LogP contribution >= 0.6 is 0 Å². The quantitative estimate of drug-likeness (QED) is 0.868. The van der Waals surface area contributed by atoms with E-state index in [9.17, 15) is 4.79 Å². The van der Waals surface area contributed by atoms with Crippen molar-refractivity contribution in [2.75, 3.05) is 19.6 Å². The summed E-state index contributed by atoms with van der Waals surface area (Å²) in [5.74, 6) is 0.726. The molecule has 1 heterocycles. The van der Waals surface area contributed by atoms with Crippen LogP contribution in [0.25, 0.3) is 0 Å². The van der Waals surface area contributed by atoms with Gasteiger partial charge < -0.3 is 10.6 Å². The molecule has 1 aliphatic carbocycles. The van der Waals surface area contributed by atoms with Gasteiger partial charge in [-0.1, -0.05) is 24.3 Å². The van der Waals surface area contributed by atoms with E-state index in [0.717, 1.165) is 38.9 Å². The molecular formula is C16H22N2O. The topological polar surface area (TPSA) is 41.1 Å². The summed E-state index contributed by atoms with van der Waals surface area (Å²) in [6.45, 7) is 4.70. The molecule has 1 aromatic carbocycles. The van der Waals surface area contributed by atoms with E-state index in [1.807, 2.05) is 0 Å². The Kier molecular flexibility index (Phi) is 3.31. The van der Waals surface area contributed by atoms with Crippen LogP contribution < -0.4 is 10.6 Å². The van der Waals surface area contributed by atoms with Gasteiger partial charge in [-0.2, -0.15) is 0 Å². The molecule has 2 unspecified atom stereocenters. The number of rotatable bonds is 3. The Morgan fingerprint density at radius 1 is 1.47 bits per heavy atom. The van der Waals surface area contributed by atoms with E-state index in [1.54, 1.807) is 0 Å². The fourth-order valence-corrected chi connectivity index (χ4v) is 3.22. The highest BCUT2D eigenvalue weighted by atomic mass is 16.2. The number of amides is 1. The number of carbonyl (C=O) groups excluding carboxylic acids is 1. The molecule has 3 nitrogen and oxygen atoms in total. The molecule has 1 amide bonds. The van der Waals surface area contributed by atoms with Gasteiger partial charge in [-0.05, 0) is 43.9 Å². The summed E-state index contributed by atoms with van der Waals surface area (Å²) in [5, 5.41) is 6.48.